The number of pyridine rings is 1. The van der Waals surface area contributed by atoms with Gasteiger partial charge in [-0.1, -0.05) is 5.16 Å². The number of alkyl halides is 3. The molecule has 1 atom stereocenters. The van der Waals surface area contributed by atoms with Crippen LogP contribution in [0.4, 0.5) is 13.2 Å². The molecule has 1 fully saturated rings. The highest BCUT2D eigenvalue weighted by atomic mass is 32.2. The first-order chi connectivity index (χ1) is 14.1. The average Bonchev–Trinajstić information content (AvgIpc) is 3.34. The van der Waals surface area contributed by atoms with Crippen LogP contribution < -0.4 is 0 Å². The lowest BCUT2D eigenvalue weighted by Gasteiger charge is -2.30. The molecule has 0 N–H and O–H groups in total. The Balaban J connectivity index is 1.71. The highest BCUT2D eigenvalue weighted by Gasteiger charge is 2.39. The van der Waals surface area contributed by atoms with E-state index in [1.165, 1.54) is 28.3 Å². The molecule has 8 nitrogen and oxygen atoms in total. The van der Waals surface area contributed by atoms with E-state index in [9.17, 15) is 21.6 Å². The van der Waals surface area contributed by atoms with Crippen LogP contribution in [0.3, 0.4) is 0 Å². The van der Waals surface area contributed by atoms with Gasteiger partial charge < -0.3 is 4.52 Å². The fraction of sp³-hybridized carbons (Fsp3) is 0.500. The number of rotatable bonds is 4. The van der Waals surface area contributed by atoms with E-state index in [0.717, 1.165) is 6.07 Å². The third kappa shape index (κ3) is 3.58. The molecular formula is C18H20F3N5O3S. The standard InChI is InChI=1S/C18H20F3N5O3S/c1-3-25-10-13(8-22-25)30(27,28)26-6-4-5-12(9-26)16-15-14(18(19,20)21)7-11(2)23-17(15)29-24-16/h7-8,10,12H,3-6,9H2,1-2H3/t12-/m1/s1. The molecule has 0 aliphatic carbocycles. The Morgan fingerprint density at radius 3 is 2.77 bits per heavy atom. The number of sulfonamides is 1. The van der Waals surface area contributed by atoms with Gasteiger partial charge in [0.25, 0.3) is 5.71 Å². The predicted octanol–water partition coefficient (Wildman–Crippen LogP) is 3.33. The maximum Gasteiger partial charge on any atom is 0.417 e. The van der Waals surface area contributed by atoms with E-state index in [1.54, 1.807) is 0 Å². The number of aryl methyl sites for hydroxylation is 2. The predicted molar refractivity (Wildman–Crippen MR) is 100 cm³/mol. The zero-order valence-corrected chi connectivity index (χ0v) is 17.2. The van der Waals surface area contributed by atoms with E-state index in [-0.39, 0.29) is 40.5 Å². The summed E-state index contributed by atoms with van der Waals surface area (Å²) in [7, 11) is -3.82. The van der Waals surface area contributed by atoms with Gasteiger partial charge in [0.2, 0.25) is 10.0 Å². The molecule has 1 aliphatic heterocycles. The quantitative estimate of drug-likeness (QED) is 0.614. The van der Waals surface area contributed by atoms with Crippen molar-refractivity contribution in [2.75, 3.05) is 13.1 Å². The summed E-state index contributed by atoms with van der Waals surface area (Å²) in [6, 6.07) is 0.958. The van der Waals surface area contributed by atoms with Gasteiger partial charge in [-0.25, -0.2) is 13.4 Å². The number of hydrogen-bond donors (Lipinski definition) is 0. The molecule has 0 amide bonds. The van der Waals surface area contributed by atoms with Crippen molar-refractivity contribution in [2.24, 2.45) is 0 Å². The fourth-order valence-corrected chi connectivity index (χ4v) is 5.26. The normalized spacial score (nSPS) is 18.9. The van der Waals surface area contributed by atoms with Crippen molar-refractivity contribution in [3.05, 3.63) is 35.4 Å². The van der Waals surface area contributed by atoms with Crippen LogP contribution in [0.25, 0.3) is 11.1 Å². The Morgan fingerprint density at radius 1 is 1.33 bits per heavy atom. The largest absolute Gasteiger partial charge is 0.417 e. The summed E-state index contributed by atoms with van der Waals surface area (Å²) >= 11 is 0. The first kappa shape index (κ1) is 20.8. The summed E-state index contributed by atoms with van der Waals surface area (Å²) in [5.41, 5.74) is -0.806. The molecule has 3 aromatic heterocycles. The molecule has 1 saturated heterocycles. The van der Waals surface area contributed by atoms with E-state index >= 15 is 0 Å². The molecule has 1 aliphatic rings. The molecule has 0 unspecified atom stereocenters. The second kappa shape index (κ2) is 7.34. The van der Waals surface area contributed by atoms with Gasteiger partial charge in [0.1, 0.15) is 4.90 Å². The van der Waals surface area contributed by atoms with Crippen LogP contribution in [0.2, 0.25) is 0 Å². The number of aromatic nitrogens is 4. The van der Waals surface area contributed by atoms with Gasteiger partial charge in [0, 0.05) is 37.4 Å². The summed E-state index contributed by atoms with van der Waals surface area (Å²) in [4.78, 5) is 4.08. The van der Waals surface area contributed by atoms with Gasteiger partial charge in [0.15, 0.2) is 0 Å². The van der Waals surface area contributed by atoms with Crippen molar-refractivity contribution in [1.29, 1.82) is 0 Å². The van der Waals surface area contributed by atoms with Crippen molar-refractivity contribution in [1.82, 2.24) is 24.2 Å². The summed E-state index contributed by atoms with van der Waals surface area (Å²) in [5.74, 6) is -0.540. The van der Waals surface area contributed by atoms with Gasteiger partial charge in [-0.3, -0.25) is 4.68 Å². The minimum absolute atomic E-state index is 0.00639. The lowest BCUT2D eigenvalue weighted by Crippen LogP contribution is -2.39. The second-order valence-corrected chi connectivity index (χ2v) is 9.23. The lowest BCUT2D eigenvalue weighted by atomic mass is 9.93. The maximum absolute atomic E-state index is 13.6. The molecule has 0 bridgehead atoms. The molecule has 4 heterocycles. The highest BCUT2D eigenvalue weighted by molar-refractivity contribution is 7.89. The highest BCUT2D eigenvalue weighted by Crippen LogP contribution is 2.40. The van der Waals surface area contributed by atoms with E-state index in [4.69, 9.17) is 4.52 Å². The summed E-state index contributed by atoms with van der Waals surface area (Å²) in [6.07, 6.45) is -0.906. The van der Waals surface area contributed by atoms with E-state index in [1.807, 2.05) is 6.92 Å². The maximum atomic E-state index is 13.6. The van der Waals surface area contributed by atoms with Crippen molar-refractivity contribution >= 4 is 21.1 Å². The first-order valence-corrected chi connectivity index (χ1v) is 10.9. The molecule has 0 radical (unpaired) electrons. The number of fused-ring (bicyclic) bond motifs is 1. The SMILES string of the molecule is CCn1cc(S(=O)(=O)N2CCC[C@@H](c3noc4nc(C)cc(C(F)(F)F)c34)C2)cn1. The monoisotopic (exact) mass is 443 g/mol. The third-order valence-corrected chi connectivity index (χ3v) is 7.07. The van der Waals surface area contributed by atoms with Crippen LogP contribution >= 0.6 is 0 Å². The van der Waals surface area contributed by atoms with Gasteiger partial charge in [-0.15, -0.1) is 0 Å². The Hall–Kier alpha value is -2.47. The Bertz CT molecular complexity index is 1190. The van der Waals surface area contributed by atoms with E-state index in [0.29, 0.717) is 19.4 Å². The Kier molecular flexibility index (Phi) is 5.09. The zero-order valence-electron chi connectivity index (χ0n) is 16.3. The smallest absolute Gasteiger partial charge is 0.336 e. The Morgan fingerprint density at radius 2 is 2.10 bits per heavy atom. The van der Waals surface area contributed by atoms with Crippen LogP contribution in [0.1, 0.15) is 42.6 Å². The lowest BCUT2D eigenvalue weighted by molar-refractivity contribution is -0.136. The summed E-state index contributed by atoms with van der Waals surface area (Å²) in [5, 5.41) is 7.67. The van der Waals surface area contributed by atoms with Gasteiger partial charge in [-0.2, -0.15) is 22.6 Å². The van der Waals surface area contributed by atoms with Crippen LogP contribution in [0.15, 0.2) is 27.9 Å². The van der Waals surface area contributed by atoms with Gasteiger partial charge >= 0.3 is 6.18 Å². The number of halogens is 3. The summed E-state index contributed by atoms with van der Waals surface area (Å²) < 4.78 is 74.8. The summed E-state index contributed by atoms with van der Waals surface area (Å²) in [6.45, 7) is 4.09. The molecule has 0 saturated carbocycles. The molecular weight excluding hydrogens is 423 g/mol. The molecule has 0 spiro atoms. The van der Waals surface area contributed by atoms with Crippen LogP contribution in [0, 0.1) is 6.92 Å². The minimum atomic E-state index is -4.61. The number of hydrogen-bond acceptors (Lipinski definition) is 6. The van der Waals surface area contributed by atoms with Crippen LogP contribution in [0.5, 0.6) is 0 Å². The minimum Gasteiger partial charge on any atom is -0.336 e. The van der Waals surface area contributed by atoms with E-state index in [2.05, 4.69) is 15.2 Å². The Labute approximate surface area is 170 Å². The second-order valence-electron chi connectivity index (χ2n) is 7.29. The van der Waals surface area contributed by atoms with Gasteiger partial charge in [-0.05, 0) is 32.8 Å². The molecule has 162 valence electrons. The van der Waals surface area contributed by atoms with Crippen molar-refractivity contribution in [2.45, 2.75) is 50.2 Å². The van der Waals surface area contributed by atoms with Crippen LogP contribution in [-0.2, 0) is 22.7 Å². The molecule has 0 aromatic carbocycles. The zero-order chi connectivity index (χ0) is 21.7. The van der Waals surface area contributed by atoms with Crippen molar-refractivity contribution in [3.63, 3.8) is 0 Å². The number of nitrogens with zero attached hydrogens (tertiary/aromatic N) is 5. The topological polar surface area (TPSA) is 94.1 Å². The fourth-order valence-electron chi connectivity index (χ4n) is 3.78. The molecule has 3 aromatic rings. The van der Waals surface area contributed by atoms with Gasteiger partial charge in [0.05, 0.1) is 22.8 Å². The molecule has 30 heavy (non-hydrogen) atoms. The van der Waals surface area contributed by atoms with Crippen molar-refractivity contribution < 1.29 is 26.1 Å². The molecule has 12 heteroatoms. The first-order valence-electron chi connectivity index (χ1n) is 9.48. The van der Waals surface area contributed by atoms with Crippen molar-refractivity contribution in [3.8, 4) is 0 Å². The van der Waals surface area contributed by atoms with Crippen LogP contribution in [-0.4, -0.2) is 45.7 Å². The number of piperidine rings is 1. The average molecular weight is 443 g/mol. The third-order valence-electron chi connectivity index (χ3n) is 5.25. The van der Waals surface area contributed by atoms with E-state index < -0.39 is 27.7 Å². The molecule has 4 rings (SSSR count).